The van der Waals surface area contributed by atoms with Gasteiger partial charge in [-0.05, 0) is 43.9 Å². The van der Waals surface area contributed by atoms with Gasteiger partial charge in [0.1, 0.15) is 11.6 Å². The summed E-state index contributed by atoms with van der Waals surface area (Å²) < 4.78 is 44.8. The van der Waals surface area contributed by atoms with Crippen molar-refractivity contribution in [2.24, 2.45) is 0 Å². The number of aromatic nitrogens is 4. The predicted molar refractivity (Wildman–Crippen MR) is 93.7 cm³/mol. The lowest BCUT2D eigenvalue weighted by atomic mass is 10.1. The molecule has 0 bridgehead atoms. The van der Waals surface area contributed by atoms with Crippen molar-refractivity contribution in [1.29, 1.82) is 0 Å². The second-order valence-corrected chi connectivity index (χ2v) is 6.14. The van der Waals surface area contributed by atoms with Crippen LogP contribution < -0.4 is 10.1 Å². The highest BCUT2D eigenvalue weighted by Gasteiger charge is 2.37. The van der Waals surface area contributed by atoms with E-state index in [1.165, 1.54) is 6.07 Å². The average molecular weight is 380 g/mol. The van der Waals surface area contributed by atoms with Gasteiger partial charge in [0.05, 0.1) is 13.2 Å². The SMILES string of the molecule is COc1ccc([C@H](CNc2ccc3nnc(C(F)(F)F)n3n2)N(C)C)cc1. The number of benzene rings is 1. The van der Waals surface area contributed by atoms with Crippen molar-refractivity contribution in [3.8, 4) is 5.75 Å². The fraction of sp³-hybridized carbons (Fsp3) is 0.353. The van der Waals surface area contributed by atoms with Gasteiger partial charge in [-0.3, -0.25) is 0 Å². The van der Waals surface area contributed by atoms with Crippen molar-refractivity contribution in [2.75, 3.05) is 33.1 Å². The van der Waals surface area contributed by atoms with Crippen molar-refractivity contribution in [2.45, 2.75) is 12.2 Å². The first-order valence-corrected chi connectivity index (χ1v) is 8.13. The van der Waals surface area contributed by atoms with Gasteiger partial charge in [0, 0.05) is 6.54 Å². The Morgan fingerprint density at radius 1 is 1.11 bits per heavy atom. The Morgan fingerprint density at radius 2 is 1.81 bits per heavy atom. The molecule has 0 saturated heterocycles. The molecule has 7 nitrogen and oxygen atoms in total. The van der Waals surface area contributed by atoms with Crippen LogP contribution >= 0.6 is 0 Å². The number of fused-ring (bicyclic) bond motifs is 1. The van der Waals surface area contributed by atoms with E-state index in [9.17, 15) is 13.2 Å². The van der Waals surface area contributed by atoms with E-state index >= 15 is 0 Å². The van der Waals surface area contributed by atoms with Gasteiger partial charge < -0.3 is 15.0 Å². The molecule has 0 aliphatic rings. The molecular formula is C17H19F3N6O. The first-order valence-electron chi connectivity index (χ1n) is 8.13. The Bertz CT molecular complexity index is 907. The summed E-state index contributed by atoms with van der Waals surface area (Å²) in [5, 5.41) is 13.7. The Hall–Kier alpha value is -2.88. The molecule has 2 heterocycles. The summed E-state index contributed by atoms with van der Waals surface area (Å²) in [7, 11) is 5.45. The van der Waals surface area contributed by atoms with Crippen LogP contribution in [0.2, 0.25) is 0 Å². The van der Waals surface area contributed by atoms with E-state index in [0.717, 1.165) is 11.3 Å². The molecule has 1 aromatic carbocycles. The summed E-state index contributed by atoms with van der Waals surface area (Å²) in [6.45, 7) is 0.446. The Kier molecular flexibility index (Phi) is 5.17. The third-order valence-corrected chi connectivity index (χ3v) is 4.12. The highest BCUT2D eigenvalue weighted by Crippen LogP contribution is 2.28. The van der Waals surface area contributed by atoms with Gasteiger partial charge in [0.25, 0.3) is 5.82 Å². The summed E-state index contributed by atoms with van der Waals surface area (Å²) in [5.74, 6) is -0.0998. The predicted octanol–water partition coefficient (Wildman–Crippen LogP) is 2.87. The molecule has 144 valence electrons. The number of ether oxygens (including phenoxy) is 1. The van der Waals surface area contributed by atoms with E-state index in [1.54, 1.807) is 13.2 Å². The Labute approximate surface area is 153 Å². The summed E-state index contributed by atoms with van der Waals surface area (Å²) in [6.07, 6.45) is -4.62. The molecule has 0 aliphatic heterocycles. The van der Waals surface area contributed by atoms with E-state index in [0.29, 0.717) is 16.9 Å². The van der Waals surface area contributed by atoms with Gasteiger partial charge in [-0.1, -0.05) is 12.1 Å². The Balaban J connectivity index is 1.80. The largest absolute Gasteiger partial charge is 0.497 e. The van der Waals surface area contributed by atoms with E-state index in [4.69, 9.17) is 4.74 Å². The first-order chi connectivity index (χ1) is 12.8. The minimum Gasteiger partial charge on any atom is -0.497 e. The quantitative estimate of drug-likeness (QED) is 0.709. The van der Waals surface area contributed by atoms with Gasteiger partial charge in [-0.2, -0.15) is 17.7 Å². The molecule has 0 saturated carbocycles. The van der Waals surface area contributed by atoms with Crippen molar-refractivity contribution in [3.05, 3.63) is 47.8 Å². The molecule has 10 heteroatoms. The normalized spacial score (nSPS) is 13.1. The van der Waals surface area contributed by atoms with Crippen LogP contribution in [-0.4, -0.2) is 52.5 Å². The molecule has 1 atom stereocenters. The standard InChI is InChI=1S/C17H19F3N6O/c1-25(2)13(11-4-6-12(27-3)7-5-11)10-21-14-8-9-15-22-23-16(17(18,19)20)26(15)24-14/h4-9,13H,10H2,1-3H3,(H,21,24)/t13-/m0/s1. The maximum atomic E-state index is 13.0. The third-order valence-electron chi connectivity index (χ3n) is 4.12. The van der Waals surface area contributed by atoms with Crippen LogP contribution in [0.25, 0.3) is 5.65 Å². The van der Waals surface area contributed by atoms with E-state index in [2.05, 4.69) is 20.6 Å². The molecular weight excluding hydrogens is 361 g/mol. The summed E-state index contributed by atoms with van der Waals surface area (Å²) in [4.78, 5) is 2.01. The number of likely N-dealkylation sites (N-methyl/N-ethyl adjacent to an activating group) is 1. The molecule has 27 heavy (non-hydrogen) atoms. The van der Waals surface area contributed by atoms with Crippen molar-refractivity contribution in [1.82, 2.24) is 24.7 Å². The van der Waals surface area contributed by atoms with Gasteiger partial charge in [0.15, 0.2) is 5.65 Å². The molecule has 0 radical (unpaired) electrons. The van der Waals surface area contributed by atoms with E-state index in [-0.39, 0.29) is 11.7 Å². The molecule has 1 N–H and O–H groups in total. The summed E-state index contributed by atoms with van der Waals surface area (Å²) in [6, 6.07) is 10.6. The van der Waals surface area contributed by atoms with E-state index in [1.807, 2.05) is 43.3 Å². The van der Waals surface area contributed by atoms with Crippen LogP contribution in [0.5, 0.6) is 5.75 Å². The number of hydrogen-bond donors (Lipinski definition) is 1. The summed E-state index contributed by atoms with van der Waals surface area (Å²) in [5.41, 5.74) is 1.07. The monoisotopic (exact) mass is 380 g/mol. The highest BCUT2D eigenvalue weighted by molar-refractivity contribution is 5.44. The lowest BCUT2D eigenvalue weighted by molar-refractivity contribution is -0.146. The summed E-state index contributed by atoms with van der Waals surface area (Å²) >= 11 is 0. The number of alkyl halides is 3. The minimum atomic E-state index is -4.62. The highest BCUT2D eigenvalue weighted by atomic mass is 19.4. The Morgan fingerprint density at radius 3 is 2.41 bits per heavy atom. The van der Waals surface area contributed by atoms with Crippen LogP contribution in [0.3, 0.4) is 0 Å². The number of nitrogens with zero attached hydrogens (tertiary/aromatic N) is 5. The fourth-order valence-corrected chi connectivity index (χ4v) is 2.69. The average Bonchev–Trinajstić information content (AvgIpc) is 3.05. The molecule has 0 spiro atoms. The molecule has 3 rings (SSSR count). The van der Waals surface area contributed by atoms with Crippen LogP contribution in [0.15, 0.2) is 36.4 Å². The van der Waals surface area contributed by atoms with Gasteiger partial charge in [-0.15, -0.1) is 15.3 Å². The number of hydrogen-bond acceptors (Lipinski definition) is 6. The lowest BCUT2D eigenvalue weighted by Gasteiger charge is -2.25. The molecule has 3 aromatic rings. The van der Waals surface area contributed by atoms with E-state index < -0.39 is 12.0 Å². The van der Waals surface area contributed by atoms with Crippen molar-refractivity contribution < 1.29 is 17.9 Å². The zero-order chi connectivity index (χ0) is 19.6. The maximum Gasteiger partial charge on any atom is 0.453 e. The van der Waals surface area contributed by atoms with Crippen molar-refractivity contribution in [3.63, 3.8) is 0 Å². The number of halogens is 3. The molecule has 2 aromatic heterocycles. The van der Waals surface area contributed by atoms with Gasteiger partial charge in [0.2, 0.25) is 0 Å². The number of anilines is 1. The lowest BCUT2D eigenvalue weighted by Crippen LogP contribution is -2.27. The molecule has 0 aliphatic carbocycles. The number of rotatable bonds is 6. The van der Waals surface area contributed by atoms with Gasteiger partial charge >= 0.3 is 6.18 Å². The van der Waals surface area contributed by atoms with Crippen LogP contribution in [0.1, 0.15) is 17.4 Å². The molecule has 0 unspecified atom stereocenters. The number of methoxy groups -OCH3 is 1. The second-order valence-electron chi connectivity index (χ2n) is 6.14. The van der Waals surface area contributed by atoms with Gasteiger partial charge in [-0.25, -0.2) is 0 Å². The molecule has 0 fully saturated rings. The second kappa shape index (κ2) is 7.39. The fourth-order valence-electron chi connectivity index (χ4n) is 2.69. The molecule has 0 amide bonds. The van der Waals surface area contributed by atoms with Crippen molar-refractivity contribution >= 4 is 11.5 Å². The van der Waals surface area contributed by atoms with Crippen LogP contribution in [-0.2, 0) is 6.18 Å². The number of nitrogens with one attached hydrogen (secondary N) is 1. The van der Waals surface area contributed by atoms with Crippen LogP contribution in [0, 0.1) is 0 Å². The van der Waals surface area contributed by atoms with Crippen LogP contribution in [0.4, 0.5) is 19.0 Å². The topological polar surface area (TPSA) is 67.6 Å². The third kappa shape index (κ3) is 4.11. The smallest absolute Gasteiger partial charge is 0.453 e. The minimum absolute atomic E-state index is 0.0172. The maximum absolute atomic E-state index is 13.0. The zero-order valence-electron chi connectivity index (χ0n) is 15.0. The first kappa shape index (κ1) is 18.9. The zero-order valence-corrected chi connectivity index (χ0v) is 15.0.